The molecule has 6 heteroatoms. The average Bonchev–Trinajstić information content (AvgIpc) is 3.09. The van der Waals surface area contributed by atoms with Crippen LogP contribution in [0.5, 0.6) is 0 Å². The van der Waals surface area contributed by atoms with Crippen molar-refractivity contribution in [3.05, 3.63) is 53.2 Å². The Morgan fingerprint density at radius 2 is 2.11 bits per heavy atom. The molecule has 0 bridgehead atoms. The van der Waals surface area contributed by atoms with Crippen LogP contribution in [0.1, 0.15) is 4.88 Å². The maximum atomic E-state index is 4.08. The van der Waals surface area contributed by atoms with Gasteiger partial charge >= 0.3 is 0 Å². The van der Waals surface area contributed by atoms with Gasteiger partial charge in [0.25, 0.3) is 0 Å². The number of hydrogen-bond donors (Lipinski definition) is 1. The van der Waals surface area contributed by atoms with Crippen LogP contribution in [-0.2, 0) is 6.54 Å². The lowest BCUT2D eigenvalue weighted by Gasteiger charge is -2.07. The molecule has 0 spiro atoms. The molecule has 3 rings (SSSR count). The molecule has 0 amide bonds. The van der Waals surface area contributed by atoms with Crippen LogP contribution in [0.2, 0.25) is 0 Å². The zero-order chi connectivity index (χ0) is 12.2. The van der Waals surface area contributed by atoms with Crippen molar-refractivity contribution in [2.24, 2.45) is 0 Å². The van der Waals surface area contributed by atoms with E-state index >= 15 is 0 Å². The number of hydrogen-bond acceptors (Lipinski definition) is 5. The van der Waals surface area contributed by atoms with Crippen molar-refractivity contribution >= 4 is 17.3 Å². The summed E-state index contributed by atoms with van der Waals surface area (Å²) in [7, 11) is 0. The normalized spacial score (nSPS) is 10.4. The molecule has 0 aliphatic rings. The Kier molecular flexibility index (Phi) is 3.01. The fourth-order valence-electron chi connectivity index (χ4n) is 1.63. The van der Waals surface area contributed by atoms with Crippen molar-refractivity contribution in [3.8, 4) is 5.69 Å². The molecule has 90 valence electrons. The summed E-state index contributed by atoms with van der Waals surface area (Å²) in [5.41, 5.74) is 2.85. The molecule has 0 saturated carbocycles. The van der Waals surface area contributed by atoms with Crippen LogP contribution in [0, 0.1) is 0 Å². The number of aromatic nitrogens is 4. The van der Waals surface area contributed by atoms with E-state index in [1.54, 1.807) is 17.7 Å². The number of nitrogens with zero attached hydrogens (tertiary/aromatic N) is 4. The van der Waals surface area contributed by atoms with Gasteiger partial charge in [0.15, 0.2) is 0 Å². The van der Waals surface area contributed by atoms with Crippen LogP contribution >= 0.6 is 11.3 Å². The van der Waals surface area contributed by atoms with Crippen molar-refractivity contribution in [2.45, 2.75) is 6.54 Å². The molecular formula is C12H11N5S. The van der Waals surface area contributed by atoms with E-state index in [2.05, 4.69) is 20.5 Å². The number of rotatable bonds is 4. The van der Waals surface area contributed by atoms with E-state index in [1.807, 2.05) is 46.6 Å². The standard InChI is InChI=1S/C12H11N5S/c1-2-4-10(5-3-1)17-8-15-16-12(17)14-7-11-6-13-9-18-11/h1-6,8-9H,7H2,(H,14,16). The molecule has 0 saturated heterocycles. The van der Waals surface area contributed by atoms with Gasteiger partial charge in [-0.15, -0.1) is 21.5 Å². The molecule has 18 heavy (non-hydrogen) atoms. The summed E-state index contributed by atoms with van der Waals surface area (Å²) in [6, 6.07) is 9.99. The van der Waals surface area contributed by atoms with E-state index < -0.39 is 0 Å². The van der Waals surface area contributed by atoms with E-state index in [-0.39, 0.29) is 0 Å². The minimum atomic E-state index is 0.705. The highest BCUT2D eigenvalue weighted by molar-refractivity contribution is 7.09. The molecule has 0 radical (unpaired) electrons. The van der Waals surface area contributed by atoms with Crippen LogP contribution in [-0.4, -0.2) is 19.7 Å². The fraction of sp³-hybridized carbons (Fsp3) is 0.0833. The Bertz CT molecular complexity index is 602. The maximum absolute atomic E-state index is 4.08. The quantitative estimate of drug-likeness (QED) is 0.779. The Hall–Kier alpha value is -2.21. The largest absolute Gasteiger partial charge is 0.349 e. The lowest BCUT2D eigenvalue weighted by molar-refractivity contribution is 1.01. The molecule has 2 heterocycles. The molecular weight excluding hydrogens is 246 g/mol. The summed E-state index contributed by atoms with van der Waals surface area (Å²) in [5.74, 6) is 0.731. The number of nitrogens with one attached hydrogen (secondary N) is 1. The molecule has 0 unspecified atom stereocenters. The Labute approximate surface area is 108 Å². The van der Waals surface area contributed by atoms with E-state index in [4.69, 9.17) is 0 Å². The lowest BCUT2D eigenvalue weighted by atomic mass is 10.3. The number of para-hydroxylation sites is 1. The van der Waals surface area contributed by atoms with Crippen molar-refractivity contribution in [1.82, 2.24) is 19.7 Å². The number of thiazole rings is 1. The summed E-state index contributed by atoms with van der Waals surface area (Å²) >= 11 is 1.62. The van der Waals surface area contributed by atoms with E-state index in [0.717, 1.165) is 16.5 Å². The molecule has 5 nitrogen and oxygen atoms in total. The fourth-order valence-corrected chi connectivity index (χ4v) is 2.16. The maximum Gasteiger partial charge on any atom is 0.229 e. The molecule has 0 fully saturated rings. The van der Waals surface area contributed by atoms with Crippen LogP contribution in [0.3, 0.4) is 0 Å². The SMILES string of the molecule is c1ccc(-n2cnnc2NCc2cncs2)cc1. The highest BCUT2D eigenvalue weighted by Gasteiger charge is 2.05. The molecule has 0 aliphatic heterocycles. The predicted octanol–water partition coefficient (Wildman–Crippen LogP) is 2.34. The highest BCUT2D eigenvalue weighted by atomic mass is 32.1. The summed E-state index contributed by atoms with van der Waals surface area (Å²) in [6.45, 7) is 0.705. The minimum Gasteiger partial charge on any atom is -0.349 e. The van der Waals surface area contributed by atoms with Gasteiger partial charge in [0, 0.05) is 11.1 Å². The van der Waals surface area contributed by atoms with Crippen molar-refractivity contribution in [3.63, 3.8) is 0 Å². The van der Waals surface area contributed by atoms with Gasteiger partial charge in [-0.2, -0.15) is 0 Å². The Morgan fingerprint density at radius 3 is 2.89 bits per heavy atom. The van der Waals surface area contributed by atoms with Crippen molar-refractivity contribution < 1.29 is 0 Å². The number of anilines is 1. The third kappa shape index (κ3) is 2.23. The van der Waals surface area contributed by atoms with Gasteiger partial charge in [-0.25, -0.2) is 0 Å². The van der Waals surface area contributed by atoms with Crippen LogP contribution < -0.4 is 5.32 Å². The average molecular weight is 257 g/mol. The smallest absolute Gasteiger partial charge is 0.229 e. The van der Waals surface area contributed by atoms with Crippen molar-refractivity contribution in [1.29, 1.82) is 0 Å². The predicted molar refractivity (Wildman–Crippen MR) is 70.8 cm³/mol. The zero-order valence-corrected chi connectivity index (χ0v) is 10.3. The monoisotopic (exact) mass is 257 g/mol. The third-order valence-electron chi connectivity index (χ3n) is 2.49. The van der Waals surface area contributed by atoms with E-state index in [0.29, 0.717) is 6.54 Å². The van der Waals surface area contributed by atoms with Gasteiger partial charge in [0.1, 0.15) is 6.33 Å². The number of benzene rings is 1. The van der Waals surface area contributed by atoms with E-state index in [9.17, 15) is 0 Å². The highest BCUT2D eigenvalue weighted by Crippen LogP contribution is 2.14. The minimum absolute atomic E-state index is 0.705. The summed E-state index contributed by atoms with van der Waals surface area (Å²) in [4.78, 5) is 5.20. The molecule has 1 aromatic carbocycles. The topological polar surface area (TPSA) is 55.6 Å². The first-order chi connectivity index (χ1) is 8.93. The molecule has 2 aromatic heterocycles. The van der Waals surface area contributed by atoms with Crippen LogP contribution in [0.4, 0.5) is 5.95 Å². The van der Waals surface area contributed by atoms with E-state index in [1.165, 1.54) is 0 Å². The second-order valence-electron chi connectivity index (χ2n) is 3.68. The summed E-state index contributed by atoms with van der Waals surface area (Å²) in [5, 5.41) is 11.3. The zero-order valence-electron chi connectivity index (χ0n) is 9.52. The summed E-state index contributed by atoms with van der Waals surface area (Å²) in [6.07, 6.45) is 3.55. The second kappa shape index (κ2) is 4.97. The Balaban J connectivity index is 1.80. The Morgan fingerprint density at radius 1 is 1.22 bits per heavy atom. The van der Waals surface area contributed by atoms with Gasteiger partial charge in [-0.3, -0.25) is 9.55 Å². The molecule has 3 aromatic rings. The van der Waals surface area contributed by atoms with Gasteiger partial charge < -0.3 is 5.32 Å². The van der Waals surface area contributed by atoms with Gasteiger partial charge in [-0.05, 0) is 12.1 Å². The third-order valence-corrected chi connectivity index (χ3v) is 3.27. The first-order valence-corrected chi connectivity index (χ1v) is 6.38. The van der Waals surface area contributed by atoms with Crippen LogP contribution in [0.15, 0.2) is 48.4 Å². The first-order valence-electron chi connectivity index (χ1n) is 5.50. The van der Waals surface area contributed by atoms with Crippen LogP contribution in [0.25, 0.3) is 5.69 Å². The first kappa shape index (κ1) is 10.9. The summed E-state index contributed by atoms with van der Waals surface area (Å²) < 4.78 is 1.92. The van der Waals surface area contributed by atoms with Gasteiger partial charge in [0.2, 0.25) is 5.95 Å². The van der Waals surface area contributed by atoms with Gasteiger partial charge in [-0.1, -0.05) is 18.2 Å². The molecule has 0 aliphatic carbocycles. The lowest BCUT2D eigenvalue weighted by Crippen LogP contribution is -2.05. The molecule has 1 N–H and O–H groups in total. The second-order valence-corrected chi connectivity index (χ2v) is 4.65. The van der Waals surface area contributed by atoms with Gasteiger partial charge in [0.05, 0.1) is 17.7 Å². The van der Waals surface area contributed by atoms with Crippen molar-refractivity contribution in [2.75, 3.05) is 5.32 Å². The molecule has 0 atom stereocenters.